The van der Waals surface area contributed by atoms with Crippen LogP contribution in [0.1, 0.15) is 45.1 Å². The Labute approximate surface area is 122 Å². The molecule has 2 N–H and O–H groups in total. The van der Waals surface area contributed by atoms with E-state index in [2.05, 4.69) is 26.0 Å². The molecule has 1 aliphatic carbocycles. The fourth-order valence-corrected chi connectivity index (χ4v) is 3.07. The average Bonchev–Trinajstić information content (AvgIpc) is 2.18. The minimum absolute atomic E-state index is 0. The number of nitrogens with two attached hydrogens (primary N) is 1. The van der Waals surface area contributed by atoms with Crippen molar-refractivity contribution < 1.29 is 0 Å². The molecule has 1 aromatic carbocycles. The molecule has 1 saturated carbocycles. The second kappa shape index (κ2) is 6.27. The van der Waals surface area contributed by atoms with Crippen molar-refractivity contribution in [3.63, 3.8) is 0 Å². The number of hydrogen-bond donors (Lipinski definition) is 1. The molecule has 102 valence electrons. The molecule has 0 amide bonds. The Bertz CT molecular complexity index is 369. The van der Waals surface area contributed by atoms with Crippen LogP contribution in [0.4, 0.5) is 0 Å². The van der Waals surface area contributed by atoms with Crippen LogP contribution in [-0.4, -0.2) is 6.04 Å². The van der Waals surface area contributed by atoms with Crippen molar-refractivity contribution in [2.24, 2.45) is 11.7 Å². The fraction of sp³-hybridized carbons (Fsp3) is 0.600. The number of benzene rings is 1. The Morgan fingerprint density at radius 2 is 1.78 bits per heavy atom. The van der Waals surface area contributed by atoms with E-state index in [1.807, 2.05) is 12.1 Å². The summed E-state index contributed by atoms with van der Waals surface area (Å²) >= 11 is 5.96. The van der Waals surface area contributed by atoms with Crippen LogP contribution >= 0.6 is 24.0 Å². The van der Waals surface area contributed by atoms with Crippen molar-refractivity contribution in [2.45, 2.75) is 51.0 Å². The molecule has 0 aliphatic heterocycles. The minimum atomic E-state index is 0. The van der Waals surface area contributed by atoms with Crippen molar-refractivity contribution >= 4 is 24.0 Å². The number of rotatable bonds is 4. The Kier molecular flexibility index (Phi) is 5.51. The first kappa shape index (κ1) is 15.8. The van der Waals surface area contributed by atoms with E-state index in [-0.39, 0.29) is 23.9 Å². The zero-order valence-corrected chi connectivity index (χ0v) is 12.7. The highest BCUT2D eigenvalue weighted by molar-refractivity contribution is 6.30. The molecule has 2 rings (SSSR count). The summed E-state index contributed by atoms with van der Waals surface area (Å²) in [6.45, 7) is 4.49. The summed E-state index contributed by atoms with van der Waals surface area (Å²) < 4.78 is 0. The largest absolute Gasteiger partial charge is 0.327 e. The van der Waals surface area contributed by atoms with Crippen LogP contribution in [0.3, 0.4) is 0 Å². The van der Waals surface area contributed by atoms with Crippen LogP contribution < -0.4 is 5.73 Å². The highest BCUT2D eigenvalue weighted by Crippen LogP contribution is 2.47. The van der Waals surface area contributed by atoms with Gasteiger partial charge in [-0.3, -0.25) is 0 Å². The minimum Gasteiger partial charge on any atom is -0.327 e. The first-order chi connectivity index (χ1) is 8.04. The molecule has 1 nitrogen and oxygen atoms in total. The Morgan fingerprint density at radius 1 is 1.22 bits per heavy atom. The maximum atomic E-state index is 6.45. The van der Waals surface area contributed by atoms with Gasteiger partial charge in [-0.2, -0.15) is 0 Å². The summed E-state index contributed by atoms with van der Waals surface area (Å²) in [7, 11) is 0. The summed E-state index contributed by atoms with van der Waals surface area (Å²) in [6.07, 6.45) is 4.85. The van der Waals surface area contributed by atoms with Crippen molar-refractivity contribution in [3.8, 4) is 0 Å². The van der Waals surface area contributed by atoms with Crippen LogP contribution in [0.5, 0.6) is 0 Å². The monoisotopic (exact) mass is 287 g/mol. The van der Waals surface area contributed by atoms with Crippen molar-refractivity contribution in [1.82, 2.24) is 0 Å². The zero-order chi connectivity index (χ0) is 12.5. The van der Waals surface area contributed by atoms with Gasteiger partial charge in [0.1, 0.15) is 0 Å². The van der Waals surface area contributed by atoms with Crippen molar-refractivity contribution in [1.29, 1.82) is 0 Å². The Morgan fingerprint density at radius 3 is 2.17 bits per heavy atom. The summed E-state index contributed by atoms with van der Waals surface area (Å²) in [5.74, 6) is 0.662. The van der Waals surface area contributed by atoms with Crippen LogP contribution in [-0.2, 0) is 5.41 Å². The summed E-state index contributed by atoms with van der Waals surface area (Å²) in [5, 5.41) is 0.806. The van der Waals surface area contributed by atoms with E-state index in [1.165, 1.54) is 24.8 Å². The highest BCUT2D eigenvalue weighted by atomic mass is 35.5. The van der Waals surface area contributed by atoms with Gasteiger partial charge in [-0.05, 0) is 42.9 Å². The lowest BCUT2D eigenvalue weighted by Crippen LogP contribution is -2.50. The van der Waals surface area contributed by atoms with Gasteiger partial charge in [0.2, 0.25) is 0 Å². The van der Waals surface area contributed by atoms with Gasteiger partial charge in [-0.25, -0.2) is 0 Å². The third-order valence-corrected chi connectivity index (χ3v) is 4.35. The molecule has 3 heteroatoms. The molecule has 0 unspecified atom stereocenters. The first-order valence-corrected chi connectivity index (χ1v) is 6.94. The second-order valence-electron chi connectivity index (χ2n) is 5.75. The van der Waals surface area contributed by atoms with Crippen LogP contribution in [0, 0.1) is 5.92 Å². The molecule has 0 aromatic heterocycles. The standard InChI is InChI=1S/C15H22ClN.ClH/c1-11(2)10-14(17)15(8-3-9-15)12-4-6-13(16)7-5-12;/h4-7,11,14H,3,8-10,17H2,1-2H3;1H/t14-;/m1./s1. The van der Waals surface area contributed by atoms with E-state index in [1.54, 1.807) is 0 Å². The van der Waals surface area contributed by atoms with Gasteiger partial charge in [0, 0.05) is 16.5 Å². The molecule has 1 fully saturated rings. The SMILES string of the molecule is CC(C)C[C@@H](N)C1(c2ccc(Cl)cc2)CCC1.Cl. The molecule has 0 bridgehead atoms. The second-order valence-corrected chi connectivity index (χ2v) is 6.19. The molecular formula is C15H23Cl2N. The molecule has 1 atom stereocenters. The average molecular weight is 288 g/mol. The zero-order valence-electron chi connectivity index (χ0n) is 11.2. The summed E-state index contributed by atoms with van der Waals surface area (Å²) in [6, 6.07) is 8.55. The molecule has 1 aliphatic rings. The predicted molar refractivity (Wildman–Crippen MR) is 81.7 cm³/mol. The summed E-state index contributed by atoms with van der Waals surface area (Å²) in [5.41, 5.74) is 8.05. The molecule has 1 aromatic rings. The van der Waals surface area contributed by atoms with Gasteiger partial charge in [-0.15, -0.1) is 12.4 Å². The van der Waals surface area contributed by atoms with Crippen molar-refractivity contribution in [3.05, 3.63) is 34.9 Å². The lowest BCUT2D eigenvalue weighted by molar-refractivity contribution is 0.178. The van der Waals surface area contributed by atoms with Crippen molar-refractivity contribution in [2.75, 3.05) is 0 Å². The molecule has 0 heterocycles. The Balaban J connectivity index is 0.00000162. The van der Waals surface area contributed by atoms with Gasteiger partial charge < -0.3 is 5.73 Å². The highest BCUT2D eigenvalue weighted by Gasteiger charge is 2.43. The molecular weight excluding hydrogens is 265 g/mol. The van der Waals surface area contributed by atoms with E-state index in [0.717, 1.165) is 11.4 Å². The normalized spacial score (nSPS) is 18.9. The van der Waals surface area contributed by atoms with E-state index >= 15 is 0 Å². The number of hydrogen-bond acceptors (Lipinski definition) is 1. The smallest absolute Gasteiger partial charge is 0.0406 e. The lowest BCUT2D eigenvalue weighted by Gasteiger charge is -2.47. The molecule has 0 spiro atoms. The van der Waals surface area contributed by atoms with Crippen LogP contribution in [0.2, 0.25) is 5.02 Å². The van der Waals surface area contributed by atoms with E-state index < -0.39 is 0 Å². The summed E-state index contributed by atoms with van der Waals surface area (Å²) in [4.78, 5) is 0. The first-order valence-electron chi connectivity index (χ1n) is 6.56. The molecule has 0 radical (unpaired) electrons. The van der Waals surface area contributed by atoms with Gasteiger partial charge in [0.15, 0.2) is 0 Å². The van der Waals surface area contributed by atoms with Crippen LogP contribution in [0.25, 0.3) is 0 Å². The van der Waals surface area contributed by atoms with Gasteiger partial charge in [-0.1, -0.05) is 44.0 Å². The maximum absolute atomic E-state index is 6.45. The quantitative estimate of drug-likeness (QED) is 0.863. The van der Waals surface area contributed by atoms with Gasteiger partial charge >= 0.3 is 0 Å². The fourth-order valence-electron chi connectivity index (χ4n) is 2.95. The maximum Gasteiger partial charge on any atom is 0.0406 e. The third kappa shape index (κ3) is 3.01. The van der Waals surface area contributed by atoms with Gasteiger partial charge in [0.05, 0.1) is 0 Å². The van der Waals surface area contributed by atoms with Crippen LogP contribution in [0.15, 0.2) is 24.3 Å². The Hall–Kier alpha value is -0.240. The van der Waals surface area contributed by atoms with E-state index in [0.29, 0.717) is 5.92 Å². The predicted octanol–water partition coefficient (Wildman–Crippen LogP) is 4.56. The molecule has 0 saturated heterocycles. The van der Waals surface area contributed by atoms with E-state index in [4.69, 9.17) is 17.3 Å². The topological polar surface area (TPSA) is 26.0 Å². The lowest BCUT2D eigenvalue weighted by atomic mass is 9.59. The number of halogens is 2. The van der Waals surface area contributed by atoms with E-state index in [9.17, 15) is 0 Å². The third-order valence-electron chi connectivity index (χ3n) is 4.10. The van der Waals surface area contributed by atoms with Gasteiger partial charge in [0.25, 0.3) is 0 Å². The molecule has 18 heavy (non-hydrogen) atoms.